The van der Waals surface area contributed by atoms with E-state index in [4.69, 9.17) is 4.74 Å². The van der Waals surface area contributed by atoms with E-state index in [2.05, 4.69) is 10.00 Å². The zero-order valence-electron chi connectivity index (χ0n) is 22.8. The molecule has 4 aliphatic heterocycles. The fourth-order valence-corrected chi connectivity index (χ4v) is 7.38. The number of fused-ring (bicyclic) bond motifs is 4. The molecule has 2 bridgehead atoms. The molecule has 0 saturated carbocycles. The number of rotatable bonds is 3. The van der Waals surface area contributed by atoms with Crippen LogP contribution in [0.15, 0.2) is 24.3 Å². The summed E-state index contributed by atoms with van der Waals surface area (Å²) in [6.45, 7) is 8.09. The molecule has 38 heavy (non-hydrogen) atoms. The van der Waals surface area contributed by atoms with Crippen LogP contribution < -0.4 is 4.90 Å². The number of hydrogen-bond donors (Lipinski definition) is 0. The molecule has 204 valence electrons. The van der Waals surface area contributed by atoms with Gasteiger partial charge in [-0.3, -0.25) is 9.48 Å². The molecule has 1 spiro atoms. The van der Waals surface area contributed by atoms with Crippen LogP contribution in [-0.4, -0.2) is 75.4 Å². The van der Waals surface area contributed by atoms with Crippen LogP contribution in [-0.2, 0) is 17.2 Å². The van der Waals surface area contributed by atoms with E-state index in [1.54, 1.807) is 16.8 Å². The maximum Gasteiger partial charge on any atom is 0.410 e. The van der Waals surface area contributed by atoms with Gasteiger partial charge in [-0.05, 0) is 102 Å². The van der Waals surface area contributed by atoms with E-state index in [0.717, 1.165) is 68.6 Å². The van der Waals surface area contributed by atoms with Crippen LogP contribution in [0.5, 0.6) is 0 Å². The molecule has 6 rings (SSSR count). The molecule has 4 aliphatic rings. The van der Waals surface area contributed by atoms with E-state index in [1.807, 2.05) is 43.7 Å². The molecule has 5 heterocycles. The molecule has 2 aromatic rings. The van der Waals surface area contributed by atoms with Gasteiger partial charge in [0.15, 0.2) is 5.69 Å². The minimum Gasteiger partial charge on any atom is -0.447 e. The number of aromatic nitrogens is 2. The van der Waals surface area contributed by atoms with E-state index >= 15 is 0 Å². The summed E-state index contributed by atoms with van der Waals surface area (Å²) in [5, 5.41) is 4.41. The van der Waals surface area contributed by atoms with Crippen LogP contribution in [0.2, 0.25) is 0 Å². The summed E-state index contributed by atoms with van der Waals surface area (Å²) < 4.78 is 21.7. The first-order valence-electron chi connectivity index (χ1n) is 14.0. The number of amides is 2. The van der Waals surface area contributed by atoms with Gasteiger partial charge in [0.2, 0.25) is 0 Å². The van der Waals surface area contributed by atoms with Crippen LogP contribution in [0.4, 0.5) is 14.9 Å². The summed E-state index contributed by atoms with van der Waals surface area (Å²) in [5.41, 5.74) is 2.85. The van der Waals surface area contributed by atoms with Gasteiger partial charge in [-0.25, -0.2) is 9.18 Å². The first kappa shape index (κ1) is 25.3. The highest BCUT2D eigenvalue weighted by atomic mass is 19.1. The number of likely N-dealkylation sites (tertiary alicyclic amines) is 1. The molecule has 3 saturated heterocycles. The maximum absolute atomic E-state index is 14.5. The van der Waals surface area contributed by atoms with Crippen molar-refractivity contribution in [1.82, 2.24) is 19.6 Å². The normalized spacial score (nSPS) is 26.3. The number of ether oxygens (including phenoxy) is 1. The van der Waals surface area contributed by atoms with Crippen LogP contribution in [0, 0.1) is 12.7 Å². The van der Waals surface area contributed by atoms with Crippen molar-refractivity contribution in [2.24, 2.45) is 7.05 Å². The largest absolute Gasteiger partial charge is 0.447 e. The fraction of sp³-hybridized carbons (Fsp3) is 0.621. The van der Waals surface area contributed by atoms with Crippen LogP contribution >= 0.6 is 0 Å². The molecule has 0 radical (unpaired) electrons. The van der Waals surface area contributed by atoms with Gasteiger partial charge in [-0.1, -0.05) is 0 Å². The topological polar surface area (TPSA) is 70.9 Å². The lowest BCUT2D eigenvalue weighted by molar-refractivity contribution is 0.0175. The first-order valence-corrected chi connectivity index (χ1v) is 14.0. The number of carbonyl (C=O) groups excluding carboxylic acids is 2. The number of hydrogen-bond acceptors (Lipinski definition) is 5. The number of nitrogens with zero attached hydrogens (tertiary/aromatic N) is 5. The Balaban J connectivity index is 1.17. The van der Waals surface area contributed by atoms with Gasteiger partial charge in [0.25, 0.3) is 5.91 Å². The van der Waals surface area contributed by atoms with Gasteiger partial charge >= 0.3 is 6.09 Å². The second-order valence-corrected chi connectivity index (χ2v) is 12.0. The highest BCUT2D eigenvalue weighted by Crippen LogP contribution is 2.49. The second kappa shape index (κ2) is 9.36. The van der Waals surface area contributed by atoms with E-state index in [-0.39, 0.29) is 41.4 Å². The molecular weight excluding hydrogens is 485 g/mol. The van der Waals surface area contributed by atoms with Gasteiger partial charge in [0, 0.05) is 48.5 Å². The van der Waals surface area contributed by atoms with Gasteiger partial charge in [0.1, 0.15) is 5.82 Å². The third-order valence-corrected chi connectivity index (χ3v) is 9.39. The molecule has 9 heteroatoms. The zero-order chi connectivity index (χ0) is 26.8. The molecule has 0 aliphatic carbocycles. The van der Waals surface area contributed by atoms with Crippen molar-refractivity contribution in [3.05, 3.63) is 47.0 Å². The predicted octanol–water partition coefficient (Wildman–Crippen LogP) is 4.40. The first-order chi connectivity index (χ1) is 18.1. The second-order valence-electron chi connectivity index (χ2n) is 12.0. The summed E-state index contributed by atoms with van der Waals surface area (Å²) in [6.07, 6.45) is 5.52. The van der Waals surface area contributed by atoms with E-state index in [0.29, 0.717) is 18.3 Å². The van der Waals surface area contributed by atoms with E-state index in [1.165, 1.54) is 6.07 Å². The molecule has 3 fully saturated rings. The molecule has 1 aromatic heterocycles. The van der Waals surface area contributed by atoms with Crippen molar-refractivity contribution < 1.29 is 18.7 Å². The Morgan fingerprint density at radius 3 is 2.37 bits per heavy atom. The Bertz CT molecular complexity index is 1220. The summed E-state index contributed by atoms with van der Waals surface area (Å²) in [7, 11) is 1.83. The summed E-state index contributed by atoms with van der Waals surface area (Å²) in [5.74, 6) is -0.385. The predicted molar refractivity (Wildman–Crippen MR) is 142 cm³/mol. The van der Waals surface area contributed by atoms with Crippen molar-refractivity contribution in [2.45, 2.75) is 88.9 Å². The molecular formula is C29H38FN5O3. The summed E-state index contributed by atoms with van der Waals surface area (Å²) in [6, 6.07) is 7.59. The summed E-state index contributed by atoms with van der Waals surface area (Å²) in [4.78, 5) is 32.6. The Labute approximate surface area is 223 Å². The Kier molecular flexibility index (Phi) is 6.24. The minimum absolute atomic E-state index is 0.106. The SMILES string of the molecule is Cc1cc(C(=O)N2CC3(CCN(C4CC5CCC(C4)N5C(=O)OC(C)C)CC3)c3cc(F)ccc32)nn1C. The fourth-order valence-electron chi connectivity index (χ4n) is 7.38. The third kappa shape index (κ3) is 4.19. The van der Waals surface area contributed by atoms with Crippen LogP contribution in [0.3, 0.4) is 0 Å². The van der Waals surface area contributed by atoms with Crippen molar-refractivity contribution in [3.8, 4) is 0 Å². The average Bonchev–Trinajstić information content (AvgIpc) is 3.47. The Morgan fingerprint density at radius 2 is 1.76 bits per heavy atom. The minimum atomic E-state index is -0.259. The average molecular weight is 524 g/mol. The standard InChI is InChI=1S/C29H38FN5O3/c1-18(2)38-28(37)35-21-6-7-22(35)16-23(15-21)33-11-9-29(10-12-33)17-34(26-8-5-20(30)14-24(26)29)27(36)25-13-19(3)32(4)31-25/h5,8,13-14,18,21-23H,6-7,9-12,15-17H2,1-4H3. The molecule has 2 amide bonds. The maximum atomic E-state index is 14.5. The zero-order valence-corrected chi connectivity index (χ0v) is 22.8. The van der Waals surface area contributed by atoms with Crippen LogP contribution in [0.25, 0.3) is 0 Å². The number of carbonyl (C=O) groups is 2. The lowest BCUT2D eigenvalue weighted by Gasteiger charge is -2.47. The Morgan fingerprint density at radius 1 is 1.08 bits per heavy atom. The monoisotopic (exact) mass is 523 g/mol. The Hall–Kier alpha value is -2.94. The van der Waals surface area contributed by atoms with Crippen molar-refractivity contribution >= 4 is 17.7 Å². The quantitative estimate of drug-likeness (QED) is 0.597. The summed E-state index contributed by atoms with van der Waals surface area (Å²) >= 11 is 0. The smallest absolute Gasteiger partial charge is 0.410 e. The van der Waals surface area contributed by atoms with Crippen LogP contribution in [0.1, 0.15) is 74.1 Å². The highest BCUT2D eigenvalue weighted by molar-refractivity contribution is 6.06. The van der Waals surface area contributed by atoms with Gasteiger partial charge in [0.05, 0.1) is 6.10 Å². The molecule has 8 nitrogen and oxygen atoms in total. The van der Waals surface area contributed by atoms with E-state index < -0.39 is 0 Å². The van der Waals surface area contributed by atoms with Crippen molar-refractivity contribution in [3.63, 3.8) is 0 Å². The van der Waals surface area contributed by atoms with Gasteiger partial charge < -0.3 is 19.4 Å². The lowest BCUT2D eigenvalue weighted by atomic mass is 9.73. The number of halogens is 1. The number of benzene rings is 1. The van der Waals surface area contributed by atoms with E-state index in [9.17, 15) is 14.0 Å². The molecule has 2 atom stereocenters. The van der Waals surface area contributed by atoms with Crippen molar-refractivity contribution in [1.29, 1.82) is 0 Å². The molecule has 1 aromatic carbocycles. The highest BCUT2D eigenvalue weighted by Gasteiger charge is 2.50. The number of piperidine rings is 2. The van der Waals surface area contributed by atoms with Gasteiger partial charge in [-0.15, -0.1) is 0 Å². The molecule has 2 unspecified atom stereocenters. The van der Waals surface area contributed by atoms with Gasteiger partial charge in [-0.2, -0.15) is 5.10 Å². The molecule has 0 N–H and O–H groups in total. The lowest BCUT2D eigenvalue weighted by Crippen LogP contribution is -2.55. The number of aryl methyl sites for hydroxylation is 2. The third-order valence-electron chi connectivity index (χ3n) is 9.39. The van der Waals surface area contributed by atoms with Crippen molar-refractivity contribution in [2.75, 3.05) is 24.5 Å². The number of anilines is 1.